The number of carbonyl (C=O) groups is 1. The monoisotopic (exact) mass is 288 g/mol. The average Bonchev–Trinajstić information content (AvgIpc) is 2.81. The lowest BCUT2D eigenvalue weighted by molar-refractivity contribution is 0.107. The van der Waals surface area contributed by atoms with Crippen molar-refractivity contribution in [2.24, 2.45) is 0 Å². The number of benzene rings is 2. The van der Waals surface area contributed by atoms with Gasteiger partial charge < -0.3 is 0 Å². The Balaban J connectivity index is 2.13. The summed E-state index contributed by atoms with van der Waals surface area (Å²) in [4.78, 5) is 11.4. The van der Waals surface area contributed by atoms with E-state index >= 15 is 0 Å². The van der Waals surface area contributed by atoms with Gasteiger partial charge in [0.1, 0.15) is 5.82 Å². The molecular formula is C15H10ClFN2O. The van der Waals surface area contributed by atoms with Crippen molar-refractivity contribution in [1.29, 1.82) is 0 Å². The zero-order valence-corrected chi connectivity index (χ0v) is 11.1. The number of rotatable bonds is 3. The van der Waals surface area contributed by atoms with Crippen LogP contribution < -0.4 is 0 Å². The van der Waals surface area contributed by atoms with Crippen molar-refractivity contribution in [3.63, 3.8) is 0 Å². The molecule has 3 aromatic rings. The minimum absolute atomic E-state index is 0.193. The first kappa shape index (κ1) is 12.8. The second-order valence-corrected chi connectivity index (χ2v) is 4.73. The minimum atomic E-state index is -0.617. The summed E-state index contributed by atoms with van der Waals surface area (Å²) in [6.45, 7) is 0.247. The lowest BCUT2D eigenvalue weighted by Gasteiger charge is -2.04. The zero-order chi connectivity index (χ0) is 14.1. The van der Waals surface area contributed by atoms with Crippen LogP contribution in [0.15, 0.2) is 48.5 Å². The van der Waals surface area contributed by atoms with Gasteiger partial charge in [-0.25, -0.2) is 4.39 Å². The molecule has 0 radical (unpaired) electrons. The fraction of sp³-hybridized carbons (Fsp3) is 0.0667. The molecule has 5 heteroatoms. The fourth-order valence-corrected chi connectivity index (χ4v) is 2.32. The molecule has 0 atom stereocenters. The van der Waals surface area contributed by atoms with Gasteiger partial charge in [-0.15, -0.1) is 0 Å². The Morgan fingerprint density at radius 3 is 2.60 bits per heavy atom. The van der Waals surface area contributed by atoms with Crippen LogP contribution in [-0.2, 0) is 6.54 Å². The molecule has 0 N–H and O–H groups in total. The lowest BCUT2D eigenvalue weighted by Crippen LogP contribution is -2.04. The summed E-state index contributed by atoms with van der Waals surface area (Å²) in [5.41, 5.74) is 1.45. The summed E-state index contributed by atoms with van der Waals surface area (Å²) < 4.78 is 15.3. The van der Waals surface area contributed by atoms with E-state index in [0.717, 1.165) is 5.52 Å². The summed E-state index contributed by atoms with van der Waals surface area (Å²) in [5.74, 6) is -0.300. The highest BCUT2D eigenvalue weighted by molar-refractivity contribution is 6.68. The molecule has 20 heavy (non-hydrogen) atoms. The van der Waals surface area contributed by atoms with Gasteiger partial charge in [0.25, 0.3) is 5.24 Å². The van der Waals surface area contributed by atoms with Crippen LogP contribution in [0.2, 0.25) is 0 Å². The SMILES string of the molecule is O=C(Cl)c1nn(Cc2ccccc2F)c2ccccc12. The van der Waals surface area contributed by atoms with Crippen LogP contribution in [0.4, 0.5) is 4.39 Å². The lowest BCUT2D eigenvalue weighted by atomic mass is 10.2. The van der Waals surface area contributed by atoms with Crippen molar-refractivity contribution in [2.45, 2.75) is 6.54 Å². The van der Waals surface area contributed by atoms with Crippen molar-refractivity contribution in [2.75, 3.05) is 0 Å². The third-order valence-electron chi connectivity index (χ3n) is 3.12. The van der Waals surface area contributed by atoms with Crippen molar-refractivity contribution < 1.29 is 9.18 Å². The fourth-order valence-electron chi connectivity index (χ4n) is 2.18. The number of halogens is 2. The molecule has 1 heterocycles. The maximum absolute atomic E-state index is 13.7. The number of hydrogen-bond donors (Lipinski definition) is 0. The molecule has 3 nitrogen and oxygen atoms in total. The van der Waals surface area contributed by atoms with E-state index in [0.29, 0.717) is 10.9 Å². The topological polar surface area (TPSA) is 34.9 Å². The van der Waals surface area contributed by atoms with Crippen LogP contribution in [0.1, 0.15) is 16.1 Å². The third kappa shape index (κ3) is 2.18. The minimum Gasteiger partial charge on any atom is -0.274 e. The highest BCUT2D eigenvalue weighted by Crippen LogP contribution is 2.21. The smallest absolute Gasteiger partial charge is 0.273 e. The molecule has 0 aliphatic rings. The van der Waals surface area contributed by atoms with E-state index in [-0.39, 0.29) is 18.1 Å². The van der Waals surface area contributed by atoms with E-state index in [2.05, 4.69) is 5.10 Å². The summed E-state index contributed by atoms with van der Waals surface area (Å²) in [7, 11) is 0. The number of carbonyl (C=O) groups excluding carboxylic acids is 1. The molecule has 0 fully saturated rings. The van der Waals surface area contributed by atoms with Gasteiger partial charge in [0, 0.05) is 10.9 Å². The van der Waals surface area contributed by atoms with E-state index in [1.165, 1.54) is 6.07 Å². The molecule has 0 saturated heterocycles. The van der Waals surface area contributed by atoms with Gasteiger partial charge in [-0.05, 0) is 23.7 Å². The van der Waals surface area contributed by atoms with Crippen molar-refractivity contribution in [1.82, 2.24) is 9.78 Å². The maximum atomic E-state index is 13.7. The van der Waals surface area contributed by atoms with Crippen molar-refractivity contribution in [3.05, 3.63) is 65.6 Å². The van der Waals surface area contributed by atoms with Gasteiger partial charge in [-0.2, -0.15) is 5.10 Å². The van der Waals surface area contributed by atoms with Crippen LogP contribution in [0.25, 0.3) is 10.9 Å². The molecule has 0 spiro atoms. The van der Waals surface area contributed by atoms with Gasteiger partial charge in [0.2, 0.25) is 0 Å². The van der Waals surface area contributed by atoms with Crippen LogP contribution in [-0.4, -0.2) is 15.0 Å². The van der Waals surface area contributed by atoms with E-state index in [9.17, 15) is 9.18 Å². The molecule has 0 saturated carbocycles. The summed E-state index contributed by atoms with van der Waals surface area (Å²) >= 11 is 5.54. The number of fused-ring (bicyclic) bond motifs is 1. The zero-order valence-electron chi connectivity index (χ0n) is 10.4. The highest BCUT2D eigenvalue weighted by atomic mass is 35.5. The molecule has 3 rings (SSSR count). The Bertz CT molecular complexity index is 797. The van der Waals surface area contributed by atoms with E-state index in [4.69, 9.17) is 11.6 Å². The standard InChI is InChI=1S/C15H10ClFN2O/c16-15(20)14-11-6-2-4-8-13(11)19(18-14)9-10-5-1-3-7-12(10)17/h1-8H,9H2. The van der Waals surface area contributed by atoms with Gasteiger partial charge >= 0.3 is 0 Å². The predicted molar refractivity (Wildman–Crippen MR) is 75.4 cm³/mol. The summed E-state index contributed by atoms with van der Waals surface area (Å²) in [6, 6.07) is 13.7. The molecule has 1 aromatic heterocycles. The second kappa shape index (κ2) is 5.06. The molecule has 0 amide bonds. The van der Waals surface area contributed by atoms with Crippen LogP contribution in [0.3, 0.4) is 0 Å². The molecule has 0 aliphatic heterocycles. The second-order valence-electron chi connectivity index (χ2n) is 4.39. The van der Waals surface area contributed by atoms with E-state index in [1.807, 2.05) is 12.1 Å². The number of hydrogen-bond acceptors (Lipinski definition) is 2. The Labute approximate surface area is 119 Å². The van der Waals surface area contributed by atoms with Gasteiger partial charge in [-0.3, -0.25) is 9.48 Å². The van der Waals surface area contributed by atoms with Gasteiger partial charge in [0.05, 0.1) is 12.1 Å². The van der Waals surface area contributed by atoms with E-state index in [1.54, 1.807) is 35.0 Å². The Kier molecular flexibility index (Phi) is 3.24. The first-order valence-electron chi connectivity index (χ1n) is 6.05. The highest BCUT2D eigenvalue weighted by Gasteiger charge is 2.15. The molecule has 0 bridgehead atoms. The Morgan fingerprint density at radius 1 is 1.15 bits per heavy atom. The number of para-hydroxylation sites is 1. The summed E-state index contributed by atoms with van der Waals surface area (Å²) in [6.07, 6.45) is 0. The van der Waals surface area contributed by atoms with Crippen molar-refractivity contribution in [3.8, 4) is 0 Å². The summed E-state index contributed by atoms with van der Waals surface area (Å²) in [5, 5.41) is 4.25. The molecule has 100 valence electrons. The first-order valence-corrected chi connectivity index (χ1v) is 6.43. The Hall–Kier alpha value is -2.20. The van der Waals surface area contributed by atoms with E-state index < -0.39 is 5.24 Å². The predicted octanol–water partition coefficient (Wildman–Crippen LogP) is 3.60. The molecule has 2 aromatic carbocycles. The quantitative estimate of drug-likeness (QED) is 0.690. The normalized spacial score (nSPS) is 10.9. The van der Waals surface area contributed by atoms with Crippen molar-refractivity contribution >= 4 is 27.7 Å². The van der Waals surface area contributed by atoms with Gasteiger partial charge in [0.15, 0.2) is 5.69 Å². The van der Waals surface area contributed by atoms with Crippen LogP contribution >= 0.6 is 11.6 Å². The molecule has 0 aliphatic carbocycles. The Morgan fingerprint density at radius 2 is 1.85 bits per heavy atom. The van der Waals surface area contributed by atoms with Crippen LogP contribution in [0.5, 0.6) is 0 Å². The average molecular weight is 289 g/mol. The first-order chi connectivity index (χ1) is 9.66. The largest absolute Gasteiger partial charge is 0.274 e. The molecular weight excluding hydrogens is 279 g/mol. The third-order valence-corrected chi connectivity index (χ3v) is 3.30. The number of aromatic nitrogens is 2. The van der Waals surface area contributed by atoms with Crippen LogP contribution in [0, 0.1) is 5.82 Å². The molecule has 0 unspecified atom stereocenters. The van der Waals surface area contributed by atoms with Gasteiger partial charge in [-0.1, -0.05) is 36.4 Å². The number of nitrogens with zero attached hydrogens (tertiary/aromatic N) is 2. The maximum Gasteiger partial charge on any atom is 0.273 e.